The molecule has 1 heterocycles. The summed E-state index contributed by atoms with van der Waals surface area (Å²) in [5, 5.41) is 12.0. The van der Waals surface area contributed by atoms with Crippen LogP contribution in [0.5, 0.6) is 0 Å². The molecule has 1 aliphatic heterocycles. The van der Waals surface area contributed by atoms with Crippen LogP contribution in [0.15, 0.2) is 30.3 Å². The fraction of sp³-hybridized carbons (Fsp3) is 0.526. The first-order chi connectivity index (χ1) is 12.5. The molecule has 1 aromatic carbocycles. The number of hydrogen-bond donors (Lipinski definition) is 2. The number of likely N-dealkylation sites (tertiary alicyclic amines) is 1. The number of nitrogens with one attached hydrogen (secondary N) is 1. The first-order valence-electron chi connectivity index (χ1n) is 8.83. The van der Waals surface area contributed by atoms with E-state index in [0.717, 1.165) is 12.0 Å². The zero-order valence-electron chi connectivity index (χ0n) is 15.1. The van der Waals surface area contributed by atoms with E-state index < -0.39 is 12.1 Å². The summed E-state index contributed by atoms with van der Waals surface area (Å²) < 4.78 is 5.18. The van der Waals surface area contributed by atoms with Crippen molar-refractivity contribution < 1.29 is 14.3 Å². The topological polar surface area (TPSA) is 108 Å². The number of rotatable bonds is 8. The number of nitriles is 1. The van der Waals surface area contributed by atoms with Gasteiger partial charge in [0.15, 0.2) is 0 Å². The van der Waals surface area contributed by atoms with Gasteiger partial charge in [-0.3, -0.25) is 9.59 Å². The minimum absolute atomic E-state index is 0.109. The molecule has 3 atom stereocenters. The second kappa shape index (κ2) is 9.90. The van der Waals surface area contributed by atoms with Gasteiger partial charge in [0.2, 0.25) is 11.8 Å². The Hall–Kier alpha value is -2.43. The minimum Gasteiger partial charge on any atom is -0.383 e. The van der Waals surface area contributed by atoms with Gasteiger partial charge in [0, 0.05) is 13.7 Å². The molecular formula is C19H26N4O3. The summed E-state index contributed by atoms with van der Waals surface area (Å²) >= 11 is 0. The highest BCUT2D eigenvalue weighted by atomic mass is 16.5. The maximum atomic E-state index is 12.4. The molecule has 26 heavy (non-hydrogen) atoms. The fourth-order valence-electron chi connectivity index (χ4n) is 3.20. The zero-order valence-corrected chi connectivity index (χ0v) is 15.1. The van der Waals surface area contributed by atoms with Gasteiger partial charge in [-0.25, -0.2) is 0 Å². The van der Waals surface area contributed by atoms with Gasteiger partial charge in [0.05, 0.1) is 31.2 Å². The molecule has 3 N–H and O–H groups in total. The molecule has 7 heteroatoms. The average Bonchev–Trinajstić information content (AvgIpc) is 3.10. The Morgan fingerprint density at radius 3 is 2.81 bits per heavy atom. The summed E-state index contributed by atoms with van der Waals surface area (Å²) in [6.45, 7) is 0.888. The van der Waals surface area contributed by atoms with Gasteiger partial charge in [-0.1, -0.05) is 30.3 Å². The van der Waals surface area contributed by atoms with E-state index in [4.69, 9.17) is 15.7 Å². The Morgan fingerprint density at radius 2 is 2.15 bits per heavy atom. The molecular weight excluding hydrogens is 332 g/mol. The molecule has 1 aliphatic rings. The standard InChI is InChI=1S/C19H26N4O3/c1-26-13-15(10-14-6-3-2-4-7-14)22-18(24)11-17(21)19(25)23-9-5-8-16(23)12-20/h2-4,6-7,15-17H,5,8-11,13,21H2,1H3,(H,22,24)/t15?,16-,17?/m0/s1. The molecule has 2 amide bonds. The lowest BCUT2D eigenvalue weighted by Crippen LogP contribution is -2.49. The van der Waals surface area contributed by atoms with Crippen LogP contribution in [-0.2, 0) is 20.7 Å². The molecule has 0 aliphatic carbocycles. The third-order valence-corrected chi connectivity index (χ3v) is 4.47. The summed E-state index contributed by atoms with van der Waals surface area (Å²) in [6, 6.07) is 10.3. The van der Waals surface area contributed by atoms with Crippen molar-refractivity contribution >= 4 is 11.8 Å². The van der Waals surface area contributed by atoms with E-state index in [9.17, 15) is 9.59 Å². The second-order valence-corrected chi connectivity index (χ2v) is 6.54. The van der Waals surface area contributed by atoms with Crippen LogP contribution in [0, 0.1) is 11.3 Å². The molecule has 7 nitrogen and oxygen atoms in total. The van der Waals surface area contributed by atoms with Crippen molar-refractivity contribution in [3.8, 4) is 6.07 Å². The molecule has 140 valence electrons. The molecule has 0 bridgehead atoms. The molecule has 1 saturated heterocycles. The third kappa shape index (κ3) is 5.55. The molecule has 1 fully saturated rings. The van der Waals surface area contributed by atoms with Gasteiger partial charge in [-0.15, -0.1) is 0 Å². The Morgan fingerprint density at radius 1 is 1.42 bits per heavy atom. The lowest BCUT2D eigenvalue weighted by atomic mass is 10.1. The lowest BCUT2D eigenvalue weighted by molar-refractivity contribution is -0.135. The highest BCUT2D eigenvalue weighted by Crippen LogP contribution is 2.17. The lowest BCUT2D eigenvalue weighted by Gasteiger charge is -2.24. The molecule has 1 aromatic rings. The Bertz CT molecular complexity index is 644. The number of nitrogens with zero attached hydrogens (tertiary/aromatic N) is 2. The Balaban J connectivity index is 1.88. The van der Waals surface area contributed by atoms with Crippen LogP contribution >= 0.6 is 0 Å². The predicted molar refractivity (Wildman–Crippen MR) is 96.9 cm³/mol. The van der Waals surface area contributed by atoms with E-state index in [1.54, 1.807) is 7.11 Å². The smallest absolute Gasteiger partial charge is 0.241 e. The Kier molecular flexibility index (Phi) is 7.57. The third-order valence-electron chi connectivity index (χ3n) is 4.47. The Labute approximate surface area is 154 Å². The molecule has 0 radical (unpaired) electrons. The van der Waals surface area contributed by atoms with Gasteiger partial charge >= 0.3 is 0 Å². The SMILES string of the molecule is COCC(Cc1ccccc1)NC(=O)CC(N)C(=O)N1CCC[C@H]1C#N. The van der Waals surface area contributed by atoms with Crippen molar-refractivity contribution in [1.29, 1.82) is 5.26 Å². The number of amides is 2. The normalized spacial score (nSPS) is 18.8. The number of carbonyl (C=O) groups is 2. The van der Waals surface area contributed by atoms with Crippen LogP contribution in [0.1, 0.15) is 24.8 Å². The number of ether oxygens (including phenoxy) is 1. The van der Waals surface area contributed by atoms with E-state index in [-0.39, 0.29) is 24.3 Å². The summed E-state index contributed by atoms with van der Waals surface area (Å²) in [5.74, 6) is -0.632. The van der Waals surface area contributed by atoms with Crippen molar-refractivity contribution in [2.45, 2.75) is 43.8 Å². The summed E-state index contributed by atoms with van der Waals surface area (Å²) in [6.07, 6.45) is 1.97. The van der Waals surface area contributed by atoms with Crippen molar-refractivity contribution in [1.82, 2.24) is 10.2 Å². The zero-order chi connectivity index (χ0) is 18.9. The summed E-state index contributed by atoms with van der Waals surface area (Å²) in [7, 11) is 1.58. The molecule has 0 aromatic heterocycles. The van der Waals surface area contributed by atoms with Gasteiger partial charge in [-0.05, 0) is 24.8 Å². The summed E-state index contributed by atoms with van der Waals surface area (Å²) in [4.78, 5) is 26.2. The van der Waals surface area contributed by atoms with Crippen LogP contribution in [0.2, 0.25) is 0 Å². The van der Waals surface area contributed by atoms with Crippen molar-refractivity contribution in [2.24, 2.45) is 5.73 Å². The maximum Gasteiger partial charge on any atom is 0.241 e. The second-order valence-electron chi connectivity index (χ2n) is 6.54. The van der Waals surface area contributed by atoms with E-state index >= 15 is 0 Å². The van der Waals surface area contributed by atoms with Crippen LogP contribution in [-0.4, -0.2) is 55.1 Å². The first-order valence-corrected chi connectivity index (χ1v) is 8.83. The van der Waals surface area contributed by atoms with Crippen LogP contribution in [0.25, 0.3) is 0 Å². The van der Waals surface area contributed by atoms with Crippen molar-refractivity contribution in [3.05, 3.63) is 35.9 Å². The minimum atomic E-state index is -0.941. The average molecular weight is 358 g/mol. The monoisotopic (exact) mass is 358 g/mol. The van der Waals surface area contributed by atoms with Crippen LogP contribution in [0.3, 0.4) is 0 Å². The number of methoxy groups -OCH3 is 1. The highest BCUT2D eigenvalue weighted by Gasteiger charge is 2.32. The number of carbonyl (C=O) groups excluding carboxylic acids is 2. The van der Waals surface area contributed by atoms with Crippen LogP contribution in [0.4, 0.5) is 0 Å². The van der Waals surface area contributed by atoms with Crippen molar-refractivity contribution in [3.63, 3.8) is 0 Å². The van der Waals surface area contributed by atoms with Gasteiger partial charge in [0.25, 0.3) is 0 Å². The number of nitrogens with two attached hydrogens (primary N) is 1. The highest BCUT2D eigenvalue weighted by molar-refractivity contribution is 5.88. The van der Waals surface area contributed by atoms with Gasteiger partial charge < -0.3 is 20.7 Å². The fourth-order valence-corrected chi connectivity index (χ4v) is 3.20. The van der Waals surface area contributed by atoms with E-state index in [1.807, 2.05) is 30.3 Å². The summed E-state index contributed by atoms with van der Waals surface area (Å²) in [5.41, 5.74) is 7.01. The van der Waals surface area contributed by atoms with E-state index in [1.165, 1.54) is 4.90 Å². The van der Waals surface area contributed by atoms with Crippen LogP contribution < -0.4 is 11.1 Å². The van der Waals surface area contributed by atoms with E-state index in [2.05, 4.69) is 11.4 Å². The predicted octanol–water partition coefficient (Wildman–Crippen LogP) is 0.592. The molecule has 0 spiro atoms. The van der Waals surface area contributed by atoms with Crippen molar-refractivity contribution in [2.75, 3.05) is 20.3 Å². The largest absolute Gasteiger partial charge is 0.383 e. The number of benzene rings is 1. The molecule has 0 saturated carbocycles. The maximum absolute atomic E-state index is 12.4. The van der Waals surface area contributed by atoms with Gasteiger partial charge in [-0.2, -0.15) is 5.26 Å². The molecule has 2 unspecified atom stereocenters. The number of hydrogen-bond acceptors (Lipinski definition) is 5. The molecule has 2 rings (SSSR count). The quantitative estimate of drug-likeness (QED) is 0.707. The van der Waals surface area contributed by atoms with Gasteiger partial charge in [0.1, 0.15) is 6.04 Å². The van der Waals surface area contributed by atoms with E-state index in [0.29, 0.717) is 26.0 Å². The first kappa shape index (κ1) is 19.9.